The summed E-state index contributed by atoms with van der Waals surface area (Å²) in [6, 6.07) is 0.775. The van der Waals surface area contributed by atoms with Gasteiger partial charge in [0.15, 0.2) is 34.9 Å². The topological polar surface area (TPSA) is 94.1 Å². The highest BCUT2D eigenvalue weighted by molar-refractivity contribution is 7.22. The first-order valence-corrected chi connectivity index (χ1v) is 7.86. The van der Waals surface area contributed by atoms with Gasteiger partial charge in [-0.15, -0.1) is 0 Å². The van der Waals surface area contributed by atoms with Crippen LogP contribution in [0.15, 0.2) is 18.5 Å². The number of nitrogens with zero attached hydrogens (tertiary/aromatic N) is 3. The fraction of sp³-hybridized carbons (Fsp3) is 0.133. The second-order valence-corrected chi connectivity index (χ2v) is 6.05. The Kier molecular flexibility index (Phi) is 4.80. The normalized spacial score (nSPS) is 10.8. The zero-order valence-electron chi connectivity index (χ0n) is 13.0. The highest BCUT2D eigenvalue weighted by Gasteiger charge is 2.19. The summed E-state index contributed by atoms with van der Waals surface area (Å²) in [7, 11) is 0. The Labute approximate surface area is 147 Å². The van der Waals surface area contributed by atoms with Gasteiger partial charge < -0.3 is 4.74 Å². The minimum absolute atomic E-state index is 0.0172. The van der Waals surface area contributed by atoms with Gasteiger partial charge in [0.1, 0.15) is 5.52 Å². The third kappa shape index (κ3) is 3.61. The highest BCUT2D eigenvalue weighted by atomic mass is 32.1. The summed E-state index contributed by atoms with van der Waals surface area (Å²) in [5.74, 6) is -6.06. The van der Waals surface area contributed by atoms with Crippen molar-refractivity contribution in [2.45, 2.75) is 6.92 Å². The zero-order valence-corrected chi connectivity index (χ0v) is 13.9. The molecule has 2 aromatic heterocycles. The van der Waals surface area contributed by atoms with Crippen molar-refractivity contribution in [2.75, 3.05) is 11.9 Å². The van der Waals surface area contributed by atoms with E-state index in [4.69, 9.17) is 4.74 Å². The van der Waals surface area contributed by atoms with Crippen LogP contribution in [-0.2, 0) is 9.53 Å². The zero-order chi connectivity index (χ0) is 18.8. The smallest absolute Gasteiger partial charge is 0.359 e. The number of amides is 1. The third-order valence-electron chi connectivity index (χ3n) is 3.09. The number of esters is 1. The predicted octanol–water partition coefficient (Wildman–Crippen LogP) is 2.61. The van der Waals surface area contributed by atoms with E-state index in [1.165, 1.54) is 12.4 Å². The molecule has 134 valence electrons. The Hall–Kier alpha value is -3.08. The van der Waals surface area contributed by atoms with Crippen LogP contribution in [0.1, 0.15) is 16.2 Å². The molecule has 0 atom stereocenters. The van der Waals surface area contributed by atoms with E-state index in [1.807, 2.05) is 0 Å². The maximum atomic E-state index is 13.6. The molecule has 0 aliphatic rings. The van der Waals surface area contributed by atoms with E-state index in [9.17, 15) is 22.8 Å². The second kappa shape index (κ2) is 7.04. The molecule has 3 rings (SSSR count). The van der Waals surface area contributed by atoms with Crippen LogP contribution in [-0.4, -0.2) is 33.4 Å². The van der Waals surface area contributed by atoms with E-state index in [0.29, 0.717) is 5.69 Å². The van der Waals surface area contributed by atoms with Gasteiger partial charge in [0.05, 0.1) is 16.6 Å². The molecular weight excluding hydrogens is 373 g/mol. The molecule has 0 radical (unpaired) electrons. The van der Waals surface area contributed by atoms with Gasteiger partial charge in [-0.25, -0.2) is 27.9 Å². The number of hydrogen-bond acceptors (Lipinski definition) is 7. The van der Waals surface area contributed by atoms with Gasteiger partial charge in [-0.1, -0.05) is 11.3 Å². The molecule has 0 aliphatic carbocycles. The van der Waals surface area contributed by atoms with Crippen molar-refractivity contribution in [1.29, 1.82) is 0 Å². The van der Waals surface area contributed by atoms with Crippen molar-refractivity contribution >= 4 is 38.6 Å². The number of hydrogen-bond donors (Lipinski definition) is 1. The molecule has 0 unspecified atom stereocenters. The van der Waals surface area contributed by atoms with Gasteiger partial charge in [0.2, 0.25) is 0 Å². The lowest BCUT2D eigenvalue weighted by Crippen LogP contribution is -2.21. The summed E-state index contributed by atoms with van der Waals surface area (Å²) in [6.07, 6.45) is 2.57. The number of benzene rings is 1. The van der Waals surface area contributed by atoms with Crippen LogP contribution >= 0.6 is 11.3 Å². The number of carbonyl (C=O) groups excluding carboxylic acids is 2. The first-order valence-electron chi connectivity index (χ1n) is 7.05. The molecule has 11 heteroatoms. The largest absolute Gasteiger partial charge is 0.451 e. The molecule has 2 heterocycles. The van der Waals surface area contributed by atoms with Crippen LogP contribution in [0.5, 0.6) is 0 Å². The summed E-state index contributed by atoms with van der Waals surface area (Å²) in [5.41, 5.74) is 0.128. The summed E-state index contributed by atoms with van der Waals surface area (Å²) < 4.78 is 44.8. The fourth-order valence-electron chi connectivity index (χ4n) is 1.89. The SMILES string of the molecule is Cc1cnc(C(=O)OCC(=O)Nc2nc3c(F)c(F)c(F)cc3s2)cn1. The van der Waals surface area contributed by atoms with Crippen LogP contribution in [0.25, 0.3) is 10.2 Å². The van der Waals surface area contributed by atoms with Crippen molar-refractivity contribution < 1.29 is 27.5 Å². The highest BCUT2D eigenvalue weighted by Crippen LogP contribution is 2.30. The molecule has 0 spiro atoms. The van der Waals surface area contributed by atoms with E-state index in [-0.39, 0.29) is 15.5 Å². The Morgan fingerprint density at radius 3 is 2.65 bits per heavy atom. The fourth-order valence-corrected chi connectivity index (χ4v) is 2.79. The number of halogens is 3. The third-order valence-corrected chi connectivity index (χ3v) is 4.01. The van der Waals surface area contributed by atoms with Crippen molar-refractivity contribution in [3.05, 3.63) is 47.3 Å². The van der Waals surface area contributed by atoms with Crippen LogP contribution in [0.4, 0.5) is 18.3 Å². The van der Waals surface area contributed by atoms with Crippen molar-refractivity contribution in [1.82, 2.24) is 15.0 Å². The molecule has 0 fully saturated rings. The summed E-state index contributed by atoms with van der Waals surface area (Å²) in [6.45, 7) is 1.03. The summed E-state index contributed by atoms with van der Waals surface area (Å²) in [5, 5.41) is 2.16. The van der Waals surface area contributed by atoms with Gasteiger partial charge in [-0.05, 0) is 13.0 Å². The number of thiazole rings is 1. The number of fused-ring (bicyclic) bond motifs is 1. The molecule has 7 nitrogen and oxygen atoms in total. The Morgan fingerprint density at radius 2 is 1.96 bits per heavy atom. The quantitative estimate of drug-likeness (QED) is 0.551. The van der Waals surface area contributed by atoms with Gasteiger partial charge in [0.25, 0.3) is 5.91 Å². The molecule has 3 aromatic rings. The average Bonchev–Trinajstić information content (AvgIpc) is 3.00. The van der Waals surface area contributed by atoms with E-state index >= 15 is 0 Å². The maximum Gasteiger partial charge on any atom is 0.359 e. The van der Waals surface area contributed by atoms with Crippen LogP contribution in [0, 0.1) is 24.4 Å². The number of anilines is 1. The number of aromatic nitrogens is 3. The molecule has 0 saturated carbocycles. The number of aryl methyl sites for hydroxylation is 1. The second-order valence-electron chi connectivity index (χ2n) is 5.02. The monoisotopic (exact) mass is 382 g/mol. The maximum absolute atomic E-state index is 13.6. The summed E-state index contributed by atoms with van der Waals surface area (Å²) >= 11 is 0.742. The van der Waals surface area contributed by atoms with Crippen molar-refractivity contribution in [3.63, 3.8) is 0 Å². The molecule has 1 amide bonds. The van der Waals surface area contributed by atoms with E-state index in [2.05, 4.69) is 20.3 Å². The van der Waals surface area contributed by atoms with Gasteiger partial charge >= 0.3 is 5.97 Å². The van der Waals surface area contributed by atoms with E-state index in [1.54, 1.807) is 6.92 Å². The van der Waals surface area contributed by atoms with Gasteiger partial charge in [-0.2, -0.15) is 0 Å². The lowest BCUT2D eigenvalue weighted by molar-refractivity contribution is -0.119. The standard InChI is InChI=1S/C15H9F3N4O3S/c1-6-3-20-8(4-19-6)14(24)25-5-10(23)21-15-22-13-9(26-15)2-7(16)11(17)12(13)18/h2-4H,5H2,1H3,(H,21,22,23). The minimum atomic E-state index is -1.64. The molecule has 1 N–H and O–H groups in total. The Balaban J connectivity index is 1.65. The minimum Gasteiger partial charge on any atom is -0.451 e. The van der Waals surface area contributed by atoms with E-state index < -0.39 is 41.5 Å². The average molecular weight is 382 g/mol. The van der Waals surface area contributed by atoms with Crippen LogP contribution in [0.3, 0.4) is 0 Å². The Bertz CT molecular complexity index is 1010. The van der Waals surface area contributed by atoms with Gasteiger partial charge in [-0.3, -0.25) is 15.1 Å². The van der Waals surface area contributed by atoms with Gasteiger partial charge in [0, 0.05) is 6.20 Å². The molecule has 0 aliphatic heterocycles. The number of rotatable bonds is 4. The lowest BCUT2D eigenvalue weighted by atomic mass is 10.3. The molecular formula is C15H9F3N4O3S. The first-order chi connectivity index (χ1) is 12.3. The molecule has 0 bridgehead atoms. The molecule has 0 saturated heterocycles. The summed E-state index contributed by atoms with van der Waals surface area (Å²) in [4.78, 5) is 34.9. The first kappa shape index (κ1) is 17.7. The predicted molar refractivity (Wildman–Crippen MR) is 85.2 cm³/mol. The molecule has 1 aromatic carbocycles. The Morgan fingerprint density at radius 1 is 1.19 bits per heavy atom. The molecule has 26 heavy (non-hydrogen) atoms. The number of ether oxygens (including phenoxy) is 1. The van der Waals surface area contributed by atoms with Crippen molar-refractivity contribution in [2.24, 2.45) is 0 Å². The van der Waals surface area contributed by atoms with Crippen LogP contribution in [0.2, 0.25) is 0 Å². The van der Waals surface area contributed by atoms with Crippen molar-refractivity contribution in [3.8, 4) is 0 Å². The lowest BCUT2D eigenvalue weighted by Gasteiger charge is -2.04. The number of carbonyl (C=O) groups is 2. The van der Waals surface area contributed by atoms with Crippen LogP contribution < -0.4 is 5.32 Å². The van der Waals surface area contributed by atoms with E-state index in [0.717, 1.165) is 17.4 Å². The number of nitrogens with one attached hydrogen (secondary N) is 1.